The number of nitrogens with one attached hydrogen (secondary N) is 1. The lowest BCUT2D eigenvalue weighted by molar-refractivity contribution is -0.138. The molecule has 1 fully saturated rings. The van der Waals surface area contributed by atoms with Crippen LogP contribution in [0.1, 0.15) is 36.8 Å². The highest BCUT2D eigenvalue weighted by Crippen LogP contribution is 2.34. The zero-order chi connectivity index (χ0) is 14.8. The number of methoxy groups -OCH3 is 1. The Bertz CT molecular complexity index is 459. The minimum atomic E-state index is -4.30. The summed E-state index contributed by atoms with van der Waals surface area (Å²) in [5, 5.41) is 3.20. The molecular weight excluding hydrogens is 267 g/mol. The van der Waals surface area contributed by atoms with E-state index in [1.807, 2.05) is 0 Å². The molecule has 5 heteroatoms. The zero-order valence-electron chi connectivity index (χ0n) is 11.8. The second-order valence-electron chi connectivity index (χ2n) is 5.39. The Balaban J connectivity index is 2.10. The van der Waals surface area contributed by atoms with Crippen LogP contribution in [0.2, 0.25) is 0 Å². The van der Waals surface area contributed by atoms with Gasteiger partial charge in [-0.2, -0.15) is 13.2 Å². The zero-order valence-corrected chi connectivity index (χ0v) is 11.8. The first-order valence-electron chi connectivity index (χ1n) is 6.87. The van der Waals surface area contributed by atoms with Crippen LogP contribution in [0.25, 0.3) is 0 Å². The van der Waals surface area contributed by atoms with Gasteiger partial charge in [0, 0.05) is 18.8 Å². The monoisotopic (exact) mass is 287 g/mol. The summed E-state index contributed by atoms with van der Waals surface area (Å²) in [5.41, 5.74) is 0.216. The van der Waals surface area contributed by atoms with Crippen LogP contribution in [0.3, 0.4) is 0 Å². The van der Waals surface area contributed by atoms with E-state index in [2.05, 4.69) is 5.32 Å². The second kappa shape index (κ2) is 6.04. The maximum Gasteiger partial charge on any atom is 0.416 e. The van der Waals surface area contributed by atoms with Crippen molar-refractivity contribution in [1.29, 1.82) is 0 Å². The van der Waals surface area contributed by atoms with Crippen LogP contribution in [0.15, 0.2) is 18.2 Å². The van der Waals surface area contributed by atoms with Crippen LogP contribution in [0, 0.1) is 6.92 Å². The molecule has 0 radical (unpaired) electrons. The van der Waals surface area contributed by atoms with Crippen molar-refractivity contribution in [1.82, 2.24) is 0 Å². The highest BCUT2D eigenvalue weighted by molar-refractivity contribution is 5.50. The van der Waals surface area contributed by atoms with Gasteiger partial charge in [-0.3, -0.25) is 0 Å². The van der Waals surface area contributed by atoms with Gasteiger partial charge >= 0.3 is 6.18 Å². The highest BCUT2D eigenvalue weighted by Gasteiger charge is 2.32. The predicted molar refractivity (Wildman–Crippen MR) is 72.9 cm³/mol. The van der Waals surface area contributed by atoms with Crippen molar-refractivity contribution in [3.63, 3.8) is 0 Å². The molecule has 0 amide bonds. The molecule has 2 rings (SSSR count). The quantitative estimate of drug-likeness (QED) is 0.890. The molecule has 1 aromatic carbocycles. The fourth-order valence-electron chi connectivity index (χ4n) is 2.74. The second-order valence-corrected chi connectivity index (χ2v) is 5.39. The van der Waals surface area contributed by atoms with E-state index < -0.39 is 11.7 Å². The van der Waals surface area contributed by atoms with Gasteiger partial charge in [0.2, 0.25) is 0 Å². The third-order valence-corrected chi connectivity index (χ3v) is 3.87. The van der Waals surface area contributed by atoms with Crippen molar-refractivity contribution in [2.75, 3.05) is 12.4 Å². The largest absolute Gasteiger partial charge is 0.416 e. The molecular formula is C15H20F3NO. The Hall–Kier alpha value is -1.23. The van der Waals surface area contributed by atoms with E-state index in [1.165, 1.54) is 19.1 Å². The Kier molecular flexibility index (Phi) is 4.58. The summed E-state index contributed by atoms with van der Waals surface area (Å²) in [7, 11) is 1.68. The average molecular weight is 287 g/mol. The topological polar surface area (TPSA) is 21.3 Å². The van der Waals surface area contributed by atoms with Gasteiger partial charge in [0.1, 0.15) is 0 Å². The first-order chi connectivity index (χ1) is 9.40. The van der Waals surface area contributed by atoms with Gasteiger partial charge in [0.25, 0.3) is 0 Å². The summed E-state index contributed by atoms with van der Waals surface area (Å²) < 4.78 is 44.0. The third kappa shape index (κ3) is 3.66. The standard InChI is InChI=1S/C15H20F3NO/c1-10-6-7-12(9-14(10)15(16,17)18)19-11-4-3-5-13(8-11)20-2/h6-7,9,11,13,19H,3-5,8H2,1-2H3. The smallest absolute Gasteiger partial charge is 0.382 e. The maximum absolute atomic E-state index is 12.9. The normalized spacial score (nSPS) is 23.6. The van der Waals surface area contributed by atoms with E-state index in [4.69, 9.17) is 4.74 Å². The summed E-state index contributed by atoms with van der Waals surface area (Å²) in [5.74, 6) is 0. The summed E-state index contributed by atoms with van der Waals surface area (Å²) in [6.07, 6.45) is -0.233. The van der Waals surface area contributed by atoms with Crippen molar-refractivity contribution in [3.05, 3.63) is 29.3 Å². The minimum absolute atomic E-state index is 0.178. The van der Waals surface area contributed by atoms with Crippen LogP contribution in [0.5, 0.6) is 0 Å². The molecule has 1 aromatic rings. The van der Waals surface area contributed by atoms with Crippen LogP contribution in [-0.2, 0) is 10.9 Å². The summed E-state index contributed by atoms with van der Waals surface area (Å²) in [6.45, 7) is 1.48. The lowest BCUT2D eigenvalue weighted by atomic mass is 9.92. The van der Waals surface area contributed by atoms with Gasteiger partial charge < -0.3 is 10.1 Å². The van der Waals surface area contributed by atoms with E-state index >= 15 is 0 Å². The molecule has 2 nitrogen and oxygen atoms in total. The summed E-state index contributed by atoms with van der Waals surface area (Å²) >= 11 is 0. The fourth-order valence-corrected chi connectivity index (χ4v) is 2.74. The number of alkyl halides is 3. The molecule has 1 N–H and O–H groups in total. The lowest BCUT2D eigenvalue weighted by Crippen LogP contribution is -2.31. The average Bonchev–Trinajstić information content (AvgIpc) is 2.40. The van der Waals surface area contributed by atoms with Gasteiger partial charge in [-0.1, -0.05) is 6.07 Å². The fraction of sp³-hybridized carbons (Fsp3) is 0.600. The van der Waals surface area contributed by atoms with Crippen molar-refractivity contribution >= 4 is 5.69 Å². The molecule has 1 saturated carbocycles. The number of aryl methyl sites for hydroxylation is 1. The van der Waals surface area contributed by atoms with E-state index in [1.54, 1.807) is 13.2 Å². The molecule has 112 valence electrons. The van der Waals surface area contributed by atoms with Crippen molar-refractivity contribution in [2.24, 2.45) is 0 Å². The number of anilines is 1. The van der Waals surface area contributed by atoms with Crippen LogP contribution in [0.4, 0.5) is 18.9 Å². The van der Waals surface area contributed by atoms with Gasteiger partial charge in [0.05, 0.1) is 11.7 Å². The number of hydrogen-bond donors (Lipinski definition) is 1. The summed E-state index contributed by atoms with van der Waals surface area (Å²) in [6, 6.07) is 4.60. The maximum atomic E-state index is 12.9. The Morgan fingerprint density at radius 3 is 2.65 bits per heavy atom. The van der Waals surface area contributed by atoms with Crippen molar-refractivity contribution in [2.45, 2.75) is 50.9 Å². The SMILES string of the molecule is COC1CCCC(Nc2ccc(C)c(C(F)(F)F)c2)C1. The van der Waals surface area contributed by atoms with Crippen molar-refractivity contribution < 1.29 is 17.9 Å². The number of rotatable bonds is 3. The summed E-state index contributed by atoms with van der Waals surface area (Å²) in [4.78, 5) is 0. The first-order valence-corrected chi connectivity index (χ1v) is 6.87. The minimum Gasteiger partial charge on any atom is -0.382 e. The predicted octanol–water partition coefficient (Wildman–Crippen LogP) is 4.38. The lowest BCUT2D eigenvalue weighted by Gasteiger charge is -2.29. The van der Waals surface area contributed by atoms with Gasteiger partial charge in [-0.15, -0.1) is 0 Å². The molecule has 2 unspecified atom stereocenters. The van der Waals surface area contributed by atoms with E-state index in [9.17, 15) is 13.2 Å². The number of ether oxygens (including phenoxy) is 1. The molecule has 0 aromatic heterocycles. The molecule has 0 spiro atoms. The molecule has 0 saturated heterocycles. The molecule has 0 aliphatic heterocycles. The molecule has 1 aliphatic rings. The van der Waals surface area contributed by atoms with Crippen molar-refractivity contribution in [3.8, 4) is 0 Å². The number of benzene rings is 1. The van der Waals surface area contributed by atoms with E-state index in [0.29, 0.717) is 5.69 Å². The Labute approximate surface area is 117 Å². The van der Waals surface area contributed by atoms with E-state index in [-0.39, 0.29) is 17.7 Å². The van der Waals surface area contributed by atoms with Crippen LogP contribution in [-0.4, -0.2) is 19.3 Å². The van der Waals surface area contributed by atoms with Gasteiger partial charge in [-0.25, -0.2) is 0 Å². The van der Waals surface area contributed by atoms with Crippen LogP contribution < -0.4 is 5.32 Å². The molecule has 1 aliphatic carbocycles. The van der Waals surface area contributed by atoms with Gasteiger partial charge in [0.15, 0.2) is 0 Å². The molecule has 2 atom stereocenters. The molecule has 0 bridgehead atoms. The number of hydrogen-bond acceptors (Lipinski definition) is 2. The first kappa shape index (κ1) is 15.2. The van der Waals surface area contributed by atoms with E-state index in [0.717, 1.165) is 25.7 Å². The van der Waals surface area contributed by atoms with Crippen LogP contribution >= 0.6 is 0 Å². The molecule has 0 heterocycles. The third-order valence-electron chi connectivity index (χ3n) is 3.87. The Morgan fingerprint density at radius 2 is 2.00 bits per heavy atom. The molecule has 20 heavy (non-hydrogen) atoms. The van der Waals surface area contributed by atoms with Gasteiger partial charge in [-0.05, 0) is 50.3 Å². The number of halogens is 3. The Morgan fingerprint density at radius 1 is 1.25 bits per heavy atom. The highest BCUT2D eigenvalue weighted by atomic mass is 19.4.